The Hall–Kier alpha value is -1.13. The Morgan fingerprint density at radius 1 is 1.13 bits per heavy atom. The molecule has 5 radical (unpaired) electrons. The lowest BCUT2D eigenvalue weighted by Crippen LogP contribution is -2.19. The Bertz CT molecular complexity index is 556. The van der Waals surface area contributed by atoms with Gasteiger partial charge in [-0.3, -0.25) is 0 Å². The first-order valence-electron chi connectivity index (χ1n) is 5.04. The third-order valence-corrected chi connectivity index (χ3v) is 4.44. The van der Waals surface area contributed by atoms with Crippen LogP contribution >= 0.6 is 0 Å². The van der Waals surface area contributed by atoms with Crippen molar-refractivity contribution < 1.29 is 0 Å². The van der Waals surface area contributed by atoms with Crippen LogP contribution in [0.5, 0.6) is 0 Å². The minimum Gasteiger partial charge on any atom is -0.0795 e. The van der Waals surface area contributed by atoms with E-state index >= 15 is 0 Å². The summed E-state index contributed by atoms with van der Waals surface area (Å²) in [6.45, 7) is 0. The van der Waals surface area contributed by atoms with E-state index in [2.05, 4.69) is 52.2 Å². The van der Waals surface area contributed by atoms with Gasteiger partial charge in [0.2, 0.25) is 0 Å². The van der Waals surface area contributed by atoms with Crippen molar-refractivity contribution in [3.05, 3.63) is 47.5 Å². The highest BCUT2D eigenvalue weighted by Gasteiger charge is 2.10. The molecule has 0 aromatic heterocycles. The summed E-state index contributed by atoms with van der Waals surface area (Å²) in [6, 6.07) is 11.0. The van der Waals surface area contributed by atoms with Crippen LogP contribution in [0.2, 0.25) is 0 Å². The summed E-state index contributed by atoms with van der Waals surface area (Å²) in [5.41, 5.74) is 2.86. The van der Waals surface area contributed by atoms with Gasteiger partial charge in [-0.25, -0.2) is 0 Å². The van der Waals surface area contributed by atoms with E-state index in [0.29, 0.717) is 9.04 Å². The largest absolute Gasteiger partial charge is 0.0795 e. The molecule has 0 atom stereocenters. The van der Waals surface area contributed by atoms with Crippen molar-refractivity contribution in [3.63, 3.8) is 0 Å². The van der Waals surface area contributed by atoms with Gasteiger partial charge in [0.25, 0.3) is 0 Å². The molecule has 0 saturated carbocycles. The van der Waals surface area contributed by atoms with Gasteiger partial charge in [-0.05, 0) is 28.3 Å². The fraction of sp³-hybridized carbons (Fsp3) is 0.0769. The molecular formula is C13H9Si2. The van der Waals surface area contributed by atoms with Crippen LogP contribution in [0, 0.1) is 0 Å². The summed E-state index contributed by atoms with van der Waals surface area (Å²) < 4.78 is 0. The lowest BCUT2D eigenvalue weighted by atomic mass is 9.93. The minimum absolute atomic E-state index is 0.684. The van der Waals surface area contributed by atoms with Crippen LogP contribution in [0.4, 0.5) is 0 Å². The second-order valence-corrected chi connectivity index (χ2v) is 5.31. The Morgan fingerprint density at radius 2 is 2.07 bits per heavy atom. The van der Waals surface area contributed by atoms with E-state index in [1.165, 1.54) is 27.1 Å². The van der Waals surface area contributed by atoms with Crippen molar-refractivity contribution in [1.82, 2.24) is 0 Å². The van der Waals surface area contributed by atoms with E-state index in [4.69, 9.17) is 0 Å². The average molecular weight is 221 g/mol. The summed E-state index contributed by atoms with van der Waals surface area (Å²) in [7, 11) is 4.31. The maximum absolute atomic E-state index is 3.63. The summed E-state index contributed by atoms with van der Waals surface area (Å²) in [4.78, 5) is 0. The van der Waals surface area contributed by atoms with Crippen molar-refractivity contribution in [2.45, 2.75) is 6.42 Å². The van der Waals surface area contributed by atoms with Gasteiger partial charge in [0, 0.05) is 9.76 Å². The zero-order valence-electron chi connectivity index (χ0n) is 8.25. The molecule has 2 heteroatoms. The summed E-state index contributed by atoms with van der Waals surface area (Å²) in [5.74, 6) is 0. The second kappa shape index (κ2) is 3.47. The molecule has 1 aliphatic carbocycles. The average Bonchev–Trinajstić information content (AvgIpc) is 2.30. The van der Waals surface area contributed by atoms with E-state index in [9.17, 15) is 0 Å². The predicted molar refractivity (Wildman–Crippen MR) is 67.8 cm³/mol. The second-order valence-electron chi connectivity index (χ2n) is 3.77. The monoisotopic (exact) mass is 221 g/mol. The summed E-state index contributed by atoms with van der Waals surface area (Å²) >= 11 is 0. The zero-order chi connectivity index (χ0) is 10.3. The molecule has 0 unspecified atom stereocenters. The quantitative estimate of drug-likeness (QED) is 0.645. The normalized spacial score (nSPS) is 13.4. The van der Waals surface area contributed by atoms with E-state index in [1.54, 1.807) is 0 Å². The lowest BCUT2D eigenvalue weighted by Gasteiger charge is -2.15. The van der Waals surface area contributed by atoms with Gasteiger partial charge in [0.05, 0.1) is 9.04 Å². The molecule has 69 valence electrons. The molecule has 0 heterocycles. The fourth-order valence-electron chi connectivity index (χ4n) is 2.24. The van der Waals surface area contributed by atoms with Crippen LogP contribution in [-0.2, 0) is 6.42 Å². The minimum atomic E-state index is 0.684. The number of rotatable bonds is 1. The summed E-state index contributed by atoms with van der Waals surface area (Å²) in [6.07, 6.45) is 5.59. The molecular weight excluding hydrogens is 212 g/mol. The van der Waals surface area contributed by atoms with Crippen molar-refractivity contribution >= 4 is 40.8 Å². The highest BCUT2D eigenvalue weighted by Crippen LogP contribution is 2.26. The fourth-order valence-corrected chi connectivity index (χ4v) is 3.40. The van der Waals surface area contributed by atoms with E-state index in [-0.39, 0.29) is 0 Å². The smallest absolute Gasteiger partial charge is 0.0612 e. The summed E-state index contributed by atoms with van der Waals surface area (Å²) in [5, 5.41) is 4.21. The Balaban J connectivity index is 2.48. The molecule has 0 aliphatic heterocycles. The zero-order valence-corrected chi connectivity index (χ0v) is 10.2. The molecule has 0 bridgehead atoms. The standard InChI is InChI=1S/C13H9Si2/c14-15-12-8-7-10-4-1-3-9-5-2-6-11(12)13(9)10/h1-4,6-8H,5H2. The van der Waals surface area contributed by atoms with Crippen LogP contribution in [0.1, 0.15) is 11.1 Å². The van der Waals surface area contributed by atoms with E-state index in [0.717, 1.165) is 6.42 Å². The van der Waals surface area contributed by atoms with Crippen molar-refractivity contribution in [3.8, 4) is 0 Å². The molecule has 2 aromatic carbocycles. The number of hydrogen-bond acceptors (Lipinski definition) is 0. The van der Waals surface area contributed by atoms with E-state index in [1.807, 2.05) is 0 Å². The van der Waals surface area contributed by atoms with Gasteiger partial charge >= 0.3 is 0 Å². The van der Waals surface area contributed by atoms with Crippen LogP contribution in [0.25, 0.3) is 16.8 Å². The maximum atomic E-state index is 3.63. The van der Waals surface area contributed by atoms with Crippen LogP contribution in [-0.4, -0.2) is 18.8 Å². The van der Waals surface area contributed by atoms with Gasteiger partial charge < -0.3 is 0 Å². The van der Waals surface area contributed by atoms with Crippen LogP contribution in [0.3, 0.4) is 0 Å². The molecule has 0 spiro atoms. The first kappa shape index (κ1) is 9.13. The van der Waals surface area contributed by atoms with E-state index < -0.39 is 0 Å². The molecule has 0 N–H and O–H groups in total. The van der Waals surface area contributed by atoms with Gasteiger partial charge in [-0.2, -0.15) is 0 Å². The highest BCUT2D eigenvalue weighted by atomic mass is 29.1. The molecule has 1 aliphatic rings. The van der Waals surface area contributed by atoms with Gasteiger partial charge in [-0.15, -0.1) is 0 Å². The lowest BCUT2D eigenvalue weighted by molar-refractivity contribution is 1.30. The van der Waals surface area contributed by atoms with Gasteiger partial charge in [0.1, 0.15) is 0 Å². The first-order valence-corrected chi connectivity index (χ1v) is 7.54. The predicted octanol–water partition coefficient (Wildman–Crippen LogP) is 1.82. The highest BCUT2D eigenvalue weighted by molar-refractivity contribution is 6.98. The molecule has 0 fully saturated rings. The van der Waals surface area contributed by atoms with Crippen molar-refractivity contribution in [2.75, 3.05) is 0 Å². The molecule has 15 heavy (non-hydrogen) atoms. The Labute approximate surface area is 95.0 Å². The first-order chi connectivity index (χ1) is 7.40. The molecule has 2 aromatic rings. The third-order valence-electron chi connectivity index (χ3n) is 2.93. The van der Waals surface area contributed by atoms with Crippen molar-refractivity contribution in [1.29, 1.82) is 0 Å². The SMILES string of the molecule is [Si][Si]c1ccc2cccc3c2c1C=CC3. The third kappa shape index (κ3) is 1.33. The number of allylic oxidation sites excluding steroid dienone is 1. The van der Waals surface area contributed by atoms with Crippen molar-refractivity contribution in [2.24, 2.45) is 0 Å². The topological polar surface area (TPSA) is 0 Å². The molecule has 3 rings (SSSR count). The Morgan fingerprint density at radius 3 is 2.93 bits per heavy atom. The van der Waals surface area contributed by atoms with Gasteiger partial charge in [0.15, 0.2) is 0 Å². The van der Waals surface area contributed by atoms with Gasteiger partial charge in [-0.1, -0.05) is 47.7 Å². The molecule has 0 nitrogen and oxygen atoms in total. The number of hydrogen-bond donors (Lipinski definition) is 0. The maximum Gasteiger partial charge on any atom is 0.0612 e. The van der Waals surface area contributed by atoms with Crippen LogP contribution < -0.4 is 5.19 Å². The molecule has 0 amide bonds. The number of benzene rings is 2. The Kier molecular flexibility index (Phi) is 2.11. The molecule has 0 saturated heterocycles. The van der Waals surface area contributed by atoms with Crippen LogP contribution in [0.15, 0.2) is 36.4 Å².